The van der Waals surface area contributed by atoms with E-state index in [4.69, 9.17) is 0 Å². The molecule has 0 saturated heterocycles. The van der Waals surface area contributed by atoms with Gasteiger partial charge in [-0.05, 0) is 54.7 Å². The Morgan fingerprint density at radius 3 is 2.39 bits per heavy atom. The van der Waals surface area contributed by atoms with Gasteiger partial charge >= 0.3 is 0 Å². The Morgan fingerprint density at radius 2 is 1.71 bits per heavy atom. The van der Waals surface area contributed by atoms with Crippen LogP contribution in [0.5, 0.6) is 0 Å². The number of nitro benzene ring substituents is 1. The van der Waals surface area contributed by atoms with E-state index < -0.39 is 4.92 Å². The van der Waals surface area contributed by atoms with E-state index in [2.05, 4.69) is 22.4 Å². The molecule has 0 radical (unpaired) electrons. The maximum absolute atomic E-state index is 13.0. The lowest BCUT2D eigenvalue weighted by atomic mass is 9.84. The van der Waals surface area contributed by atoms with Crippen molar-refractivity contribution < 1.29 is 9.72 Å². The Kier molecular flexibility index (Phi) is 6.62. The van der Waals surface area contributed by atoms with Gasteiger partial charge in [-0.3, -0.25) is 19.9 Å². The lowest BCUT2D eigenvalue weighted by molar-refractivity contribution is -0.384. The summed E-state index contributed by atoms with van der Waals surface area (Å²) in [5, 5.41) is 14.1. The van der Waals surface area contributed by atoms with Gasteiger partial charge in [0.1, 0.15) is 0 Å². The van der Waals surface area contributed by atoms with Crippen LogP contribution in [0.1, 0.15) is 53.9 Å². The fourth-order valence-electron chi connectivity index (χ4n) is 3.90. The van der Waals surface area contributed by atoms with Crippen LogP contribution in [0.3, 0.4) is 0 Å². The summed E-state index contributed by atoms with van der Waals surface area (Å²) in [4.78, 5) is 29.3. The van der Waals surface area contributed by atoms with Crippen molar-refractivity contribution in [3.8, 4) is 0 Å². The van der Waals surface area contributed by atoms with E-state index in [-0.39, 0.29) is 17.2 Å². The molecule has 0 bridgehead atoms. The summed E-state index contributed by atoms with van der Waals surface area (Å²) in [6.07, 6.45) is 9.63. The quantitative estimate of drug-likeness (QED) is 0.357. The zero-order valence-electron chi connectivity index (χ0n) is 17.0. The largest absolute Gasteiger partial charge is 0.322 e. The Hall–Kier alpha value is -3.19. The minimum absolute atomic E-state index is 0.114. The number of anilines is 1. The second-order valence-corrected chi connectivity index (χ2v) is 8.75. The van der Waals surface area contributed by atoms with Gasteiger partial charge in [-0.2, -0.15) is 0 Å². The van der Waals surface area contributed by atoms with Gasteiger partial charge in [0, 0.05) is 40.0 Å². The van der Waals surface area contributed by atoms with Gasteiger partial charge in [-0.25, -0.2) is 0 Å². The van der Waals surface area contributed by atoms with Gasteiger partial charge in [-0.1, -0.05) is 43.2 Å². The molecule has 1 fully saturated rings. The normalized spacial score (nSPS) is 14.2. The van der Waals surface area contributed by atoms with E-state index in [1.165, 1.54) is 61.6 Å². The number of pyridine rings is 1. The molecule has 1 heterocycles. The van der Waals surface area contributed by atoms with Crippen molar-refractivity contribution >= 4 is 29.0 Å². The van der Waals surface area contributed by atoms with E-state index in [0.717, 1.165) is 4.90 Å². The average molecular weight is 434 g/mol. The lowest BCUT2D eigenvalue weighted by Gasteiger charge is -2.22. The van der Waals surface area contributed by atoms with Crippen LogP contribution in [-0.4, -0.2) is 15.8 Å². The predicted molar refractivity (Wildman–Crippen MR) is 122 cm³/mol. The van der Waals surface area contributed by atoms with Crippen molar-refractivity contribution in [3.63, 3.8) is 0 Å². The maximum Gasteiger partial charge on any atom is 0.270 e. The number of rotatable bonds is 6. The van der Waals surface area contributed by atoms with Crippen molar-refractivity contribution in [2.24, 2.45) is 0 Å². The molecule has 0 atom stereocenters. The van der Waals surface area contributed by atoms with E-state index in [1.807, 2.05) is 24.3 Å². The topological polar surface area (TPSA) is 85.1 Å². The highest BCUT2D eigenvalue weighted by atomic mass is 32.2. The molecule has 3 aromatic rings. The zero-order chi connectivity index (χ0) is 21.6. The van der Waals surface area contributed by atoms with Crippen LogP contribution < -0.4 is 5.32 Å². The molecule has 0 spiro atoms. The maximum atomic E-state index is 13.0. The van der Waals surface area contributed by atoms with Crippen LogP contribution in [0, 0.1) is 10.1 Å². The molecule has 1 saturated carbocycles. The number of benzene rings is 2. The first kappa shape index (κ1) is 21.1. The Bertz CT molecular complexity index is 1070. The van der Waals surface area contributed by atoms with Gasteiger partial charge in [-0.15, -0.1) is 0 Å². The molecule has 0 aliphatic heterocycles. The Labute approximate surface area is 185 Å². The number of nitrogens with zero attached hydrogens (tertiary/aromatic N) is 2. The van der Waals surface area contributed by atoms with Crippen molar-refractivity contribution in [3.05, 3.63) is 88.2 Å². The predicted octanol–water partition coefficient (Wildman–Crippen LogP) is 6.44. The van der Waals surface area contributed by atoms with Gasteiger partial charge < -0.3 is 5.32 Å². The molecule has 2 aromatic carbocycles. The van der Waals surface area contributed by atoms with Crippen LogP contribution in [0.4, 0.5) is 11.4 Å². The summed E-state index contributed by atoms with van der Waals surface area (Å²) in [5.41, 5.74) is 2.14. The first-order valence-corrected chi connectivity index (χ1v) is 11.2. The summed E-state index contributed by atoms with van der Waals surface area (Å²) >= 11 is 1.37. The Balaban J connectivity index is 1.55. The van der Waals surface area contributed by atoms with Crippen molar-refractivity contribution in [2.75, 3.05) is 5.32 Å². The summed E-state index contributed by atoms with van der Waals surface area (Å²) in [6, 6.07) is 16.0. The van der Waals surface area contributed by atoms with Crippen LogP contribution in [0.2, 0.25) is 0 Å². The van der Waals surface area contributed by atoms with Crippen LogP contribution in [0.25, 0.3) is 0 Å². The lowest BCUT2D eigenvalue weighted by Crippen LogP contribution is -2.13. The molecule has 7 heteroatoms. The molecule has 1 N–H and O–H groups in total. The molecule has 31 heavy (non-hydrogen) atoms. The molecule has 1 aliphatic carbocycles. The average Bonchev–Trinajstić information content (AvgIpc) is 2.81. The molecular formula is C24H23N3O3S. The standard InChI is InChI=1S/C24H23N3O3S/c28-24(26-19-8-6-18(7-9-19)17-4-2-1-3-5-17)22-16-20(27(29)30)10-11-23(22)31-21-12-14-25-15-13-21/h6-17H,1-5H2,(H,26,28). The van der Waals surface area contributed by atoms with Crippen molar-refractivity contribution in [1.82, 2.24) is 4.98 Å². The molecule has 6 nitrogen and oxygen atoms in total. The van der Waals surface area contributed by atoms with Crippen LogP contribution in [-0.2, 0) is 0 Å². The summed E-state index contributed by atoms with van der Waals surface area (Å²) in [6.45, 7) is 0. The Morgan fingerprint density at radius 1 is 1.00 bits per heavy atom. The molecule has 0 unspecified atom stereocenters. The second kappa shape index (κ2) is 9.75. The van der Waals surface area contributed by atoms with Gasteiger partial charge in [0.15, 0.2) is 0 Å². The zero-order valence-corrected chi connectivity index (χ0v) is 17.8. The number of aromatic nitrogens is 1. The summed E-state index contributed by atoms with van der Waals surface area (Å²) in [7, 11) is 0. The number of carbonyl (C=O) groups excluding carboxylic acids is 1. The fourth-order valence-corrected chi connectivity index (χ4v) is 4.81. The number of hydrogen-bond donors (Lipinski definition) is 1. The van der Waals surface area contributed by atoms with Gasteiger partial charge in [0.2, 0.25) is 0 Å². The third kappa shape index (κ3) is 5.30. The highest BCUT2D eigenvalue weighted by Crippen LogP contribution is 2.34. The van der Waals surface area contributed by atoms with E-state index in [9.17, 15) is 14.9 Å². The third-order valence-electron chi connectivity index (χ3n) is 5.54. The first-order chi connectivity index (χ1) is 15.1. The summed E-state index contributed by atoms with van der Waals surface area (Å²) in [5.74, 6) is 0.226. The van der Waals surface area contributed by atoms with Crippen LogP contribution >= 0.6 is 11.8 Å². The van der Waals surface area contributed by atoms with Crippen LogP contribution in [0.15, 0.2) is 76.8 Å². The molecule has 4 rings (SSSR count). The first-order valence-electron chi connectivity index (χ1n) is 10.4. The highest BCUT2D eigenvalue weighted by Gasteiger charge is 2.19. The number of nitrogens with one attached hydrogen (secondary N) is 1. The molecular weight excluding hydrogens is 410 g/mol. The monoisotopic (exact) mass is 433 g/mol. The molecule has 1 amide bonds. The third-order valence-corrected chi connectivity index (χ3v) is 6.63. The summed E-state index contributed by atoms with van der Waals surface area (Å²) < 4.78 is 0. The number of carbonyl (C=O) groups is 1. The number of amides is 1. The SMILES string of the molecule is O=C(Nc1ccc(C2CCCCC2)cc1)c1cc([N+](=O)[O-])ccc1Sc1ccncc1. The minimum Gasteiger partial charge on any atom is -0.322 e. The fraction of sp³-hybridized carbons (Fsp3) is 0.250. The minimum atomic E-state index is -0.489. The highest BCUT2D eigenvalue weighted by molar-refractivity contribution is 7.99. The van der Waals surface area contributed by atoms with Crippen molar-refractivity contribution in [2.45, 2.75) is 47.8 Å². The van der Waals surface area contributed by atoms with E-state index in [0.29, 0.717) is 16.5 Å². The second-order valence-electron chi connectivity index (χ2n) is 7.63. The van der Waals surface area contributed by atoms with Gasteiger partial charge in [0.25, 0.3) is 11.6 Å². The van der Waals surface area contributed by atoms with E-state index >= 15 is 0 Å². The molecule has 1 aliphatic rings. The van der Waals surface area contributed by atoms with E-state index in [1.54, 1.807) is 18.5 Å². The van der Waals surface area contributed by atoms with Gasteiger partial charge in [0.05, 0.1) is 10.5 Å². The van der Waals surface area contributed by atoms with Crippen molar-refractivity contribution in [1.29, 1.82) is 0 Å². The smallest absolute Gasteiger partial charge is 0.270 e. The number of non-ortho nitro benzene ring substituents is 1. The number of nitro groups is 1. The number of hydrogen-bond acceptors (Lipinski definition) is 5. The molecule has 158 valence electrons. The molecule has 1 aromatic heterocycles.